The van der Waals surface area contributed by atoms with Gasteiger partial charge in [0, 0.05) is 17.4 Å². The van der Waals surface area contributed by atoms with Crippen LogP contribution in [0.4, 0.5) is 4.79 Å². The normalized spacial score (nSPS) is 23.7. The van der Waals surface area contributed by atoms with E-state index in [-0.39, 0.29) is 29.8 Å². The number of amides is 4. The topological polar surface area (TPSA) is 85.5 Å². The summed E-state index contributed by atoms with van der Waals surface area (Å²) < 4.78 is 0. The highest BCUT2D eigenvalue weighted by molar-refractivity contribution is 6.11. The average Bonchev–Trinajstić information content (AvgIpc) is 3.36. The average molecular weight is 499 g/mol. The van der Waals surface area contributed by atoms with Crippen molar-refractivity contribution >= 4 is 28.7 Å². The van der Waals surface area contributed by atoms with E-state index in [1.54, 1.807) is 4.90 Å². The van der Waals surface area contributed by atoms with Gasteiger partial charge in [-0.05, 0) is 67.7 Å². The van der Waals surface area contributed by atoms with Gasteiger partial charge in [0.1, 0.15) is 6.04 Å². The predicted octanol–water partition coefficient (Wildman–Crippen LogP) is 4.81. The lowest BCUT2D eigenvalue weighted by molar-refractivity contribution is -0.140. The van der Waals surface area contributed by atoms with Crippen LogP contribution in [0, 0.1) is 5.92 Å². The van der Waals surface area contributed by atoms with Gasteiger partial charge in [0.05, 0.1) is 11.7 Å². The molecule has 2 aromatic carbocycles. The minimum atomic E-state index is -1.16. The summed E-state index contributed by atoms with van der Waals surface area (Å²) in [5.74, 6) is -0.448. The van der Waals surface area contributed by atoms with Crippen molar-refractivity contribution < 1.29 is 14.4 Å². The van der Waals surface area contributed by atoms with E-state index < -0.39 is 11.6 Å². The third-order valence-corrected chi connectivity index (χ3v) is 8.49. The van der Waals surface area contributed by atoms with Crippen LogP contribution in [0.2, 0.25) is 0 Å². The first-order valence-corrected chi connectivity index (χ1v) is 13.4. The highest BCUT2D eigenvalue weighted by Crippen LogP contribution is 2.45. The largest absolute Gasteiger partial charge is 0.356 e. The Morgan fingerprint density at radius 3 is 2.68 bits per heavy atom. The number of carbonyl (C=O) groups is 3. The molecule has 3 aromatic rings. The molecule has 1 aromatic heterocycles. The molecular formula is C30H34N4O3. The van der Waals surface area contributed by atoms with Crippen molar-refractivity contribution in [3.63, 3.8) is 0 Å². The Bertz CT molecular complexity index is 1410. The van der Waals surface area contributed by atoms with Crippen LogP contribution >= 0.6 is 0 Å². The van der Waals surface area contributed by atoms with Gasteiger partial charge in [0.25, 0.3) is 5.91 Å². The van der Waals surface area contributed by atoms with Crippen molar-refractivity contribution in [2.45, 2.75) is 70.5 Å². The first-order valence-electron chi connectivity index (χ1n) is 13.4. The van der Waals surface area contributed by atoms with Gasteiger partial charge in [-0.1, -0.05) is 56.3 Å². The van der Waals surface area contributed by atoms with Crippen molar-refractivity contribution in [3.05, 3.63) is 70.9 Å². The van der Waals surface area contributed by atoms with E-state index in [0.717, 1.165) is 47.0 Å². The smallest absolute Gasteiger partial charge is 0.328 e. The molecule has 2 N–H and O–H groups in total. The molecule has 6 rings (SSSR count). The summed E-state index contributed by atoms with van der Waals surface area (Å²) in [4.78, 5) is 48.2. The van der Waals surface area contributed by atoms with Crippen LogP contribution in [0.3, 0.4) is 0 Å². The van der Waals surface area contributed by atoms with Crippen LogP contribution in [0.15, 0.2) is 48.5 Å². The number of hydrogen-bond acceptors (Lipinski definition) is 3. The zero-order valence-electron chi connectivity index (χ0n) is 21.7. The minimum Gasteiger partial charge on any atom is -0.356 e. The molecule has 3 unspecified atom stereocenters. The van der Waals surface area contributed by atoms with Crippen LogP contribution in [0.5, 0.6) is 0 Å². The zero-order chi connectivity index (χ0) is 25.9. The number of hydrogen-bond donors (Lipinski definition) is 2. The van der Waals surface area contributed by atoms with E-state index >= 15 is 0 Å². The summed E-state index contributed by atoms with van der Waals surface area (Å²) in [6.45, 7) is 6.30. The number of aromatic nitrogens is 1. The van der Waals surface area contributed by atoms with Gasteiger partial charge in [-0.3, -0.25) is 9.59 Å². The Hall–Kier alpha value is -3.61. The number of para-hydroxylation sites is 1. The Morgan fingerprint density at radius 2 is 1.86 bits per heavy atom. The summed E-state index contributed by atoms with van der Waals surface area (Å²) in [6, 6.07) is 14.9. The number of urea groups is 1. The Kier molecular flexibility index (Phi) is 5.62. The van der Waals surface area contributed by atoms with E-state index in [9.17, 15) is 14.4 Å². The highest BCUT2D eigenvalue weighted by Gasteiger charge is 2.60. The Balaban J connectivity index is 1.35. The molecule has 0 spiro atoms. The molecule has 0 bridgehead atoms. The zero-order valence-corrected chi connectivity index (χ0v) is 21.7. The number of aromatic amines is 1. The molecule has 3 atom stereocenters. The molecule has 0 saturated carbocycles. The van der Waals surface area contributed by atoms with Crippen LogP contribution in [-0.2, 0) is 28.0 Å². The number of aryl methyl sites for hydroxylation is 1. The summed E-state index contributed by atoms with van der Waals surface area (Å²) in [5.41, 5.74) is 4.05. The second kappa shape index (κ2) is 8.75. The lowest BCUT2D eigenvalue weighted by Crippen LogP contribution is -2.52. The number of nitrogens with zero attached hydrogens (tertiary/aromatic N) is 2. The van der Waals surface area contributed by atoms with Crippen molar-refractivity contribution in [2.24, 2.45) is 5.92 Å². The van der Waals surface area contributed by atoms with Gasteiger partial charge in [-0.25, -0.2) is 9.69 Å². The molecule has 3 aliphatic rings. The molecular weight excluding hydrogens is 464 g/mol. The second-order valence-corrected chi connectivity index (χ2v) is 11.3. The maximum atomic E-state index is 14.2. The maximum Gasteiger partial charge on any atom is 0.328 e. The quantitative estimate of drug-likeness (QED) is 0.495. The first kappa shape index (κ1) is 23.8. The lowest BCUT2D eigenvalue weighted by atomic mass is 9.86. The van der Waals surface area contributed by atoms with Crippen LogP contribution in [0.1, 0.15) is 68.5 Å². The highest BCUT2D eigenvalue weighted by atomic mass is 16.2. The van der Waals surface area contributed by atoms with Gasteiger partial charge in [-0.2, -0.15) is 0 Å². The lowest BCUT2D eigenvalue weighted by Gasteiger charge is -2.36. The van der Waals surface area contributed by atoms with E-state index in [1.807, 2.05) is 51.1 Å². The summed E-state index contributed by atoms with van der Waals surface area (Å²) in [7, 11) is 0. The summed E-state index contributed by atoms with van der Waals surface area (Å²) >= 11 is 0. The fourth-order valence-corrected chi connectivity index (χ4v) is 6.64. The second-order valence-electron chi connectivity index (χ2n) is 11.3. The first-order chi connectivity index (χ1) is 17.8. The molecule has 7 nitrogen and oxygen atoms in total. The van der Waals surface area contributed by atoms with Crippen LogP contribution in [-0.4, -0.2) is 45.2 Å². The van der Waals surface area contributed by atoms with Crippen LogP contribution in [0.25, 0.3) is 10.9 Å². The number of H-pyrrole nitrogens is 1. The fraction of sp³-hybridized carbons (Fsp3) is 0.433. The molecule has 1 aliphatic carbocycles. The van der Waals surface area contributed by atoms with Crippen LogP contribution < -0.4 is 5.32 Å². The fourth-order valence-electron chi connectivity index (χ4n) is 6.64. The number of nitrogens with one attached hydrogen (secondary N) is 2. The molecule has 7 heteroatoms. The molecule has 1 fully saturated rings. The predicted molar refractivity (Wildman–Crippen MR) is 142 cm³/mol. The molecule has 37 heavy (non-hydrogen) atoms. The number of fused-ring (bicyclic) bond motifs is 6. The third-order valence-electron chi connectivity index (χ3n) is 8.49. The van der Waals surface area contributed by atoms with Gasteiger partial charge in [0.15, 0.2) is 5.54 Å². The Labute approximate surface area is 217 Å². The van der Waals surface area contributed by atoms with E-state index in [4.69, 9.17) is 0 Å². The van der Waals surface area contributed by atoms with Crippen molar-refractivity contribution in [2.75, 3.05) is 6.54 Å². The van der Waals surface area contributed by atoms with Gasteiger partial charge in [0.2, 0.25) is 5.91 Å². The van der Waals surface area contributed by atoms with E-state index in [2.05, 4.69) is 28.5 Å². The molecule has 3 heterocycles. The van der Waals surface area contributed by atoms with Gasteiger partial charge in [-0.15, -0.1) is 0 Å². The molecule has 0 radical (unpaired) electrons. The van der Waals surface area contributed by atoms with E-state index in [0.29, 0.717) is 19.4 Å². The maximum absolute atomic E-state index is 14.2. The number of carbonyl (C=O) groups excluding carboxylic acids is 3. The molecule has 2 aliphatic heterocycles. The number of imide groups is 1. The van der Waals surface area contributed by atoms with Crippen molar-refractivity contribution in [1.82, 2.24) is 20.1 Å². The molecule has 192 valence electrons. The van der Waals surface area contributed by atoms with Gasteiger partial charge < -0.3 is 15.2 Å². The van der Waals surface area contributed by atoms with Crippen molar-refractivity contribution in [3.8, 4) is 0 Å². The number of benzene rings is 2. The van der Waals surface area contributed by atoms with Gasteiger partial charge >= 0.3 is 6.03 Å². The monoisotopic (exact) mass is 498 g/mol. The standard InChI is InChI=1S/C30H34N4O3/c1-18(2)17-25(27(35)32-23-14-8-10-19-9-4-5-11-20(19)23)34-28(36)30(3)26-22(15-16-33(30)29(34)37)21-12-6-7-13-24(21)31-26/h4-7,9,11-13,18,23,25,31H,8,10,14-17H2,1-3H3,(H,32,35). The Morgan fingerprint density at radius 1 is 1.11 bits per heavy atom. The number of rotatable bonds is 5. The minimum absolute atomic E-state index is 0.113. The summed E-state index contributed by atoms with van der Waals surface area (Å²) in [6.07, 6.45) is 3.93. The SMILES string of the molecule is CC(C)CC(C(=O)NC1CCCc2ccccc21)N1C(=O)N2CCc3c([nH]c4ccccc34)C2(C)C1=O. The van der Waals surface area contributed by atoms with E-state index in [1.165, 1.54) is 10.5 Å². The third kappa shape index (κ3) is 3.58. The molecule has 4 amide bonds. The molecule has 1 saturated heterocycles. The van der Waals surface area contributed by atoms with Crippen molar-refractivity contribution in [1.29, 1.82) is 0 Å². The summed E-state index contributed by atoms with van der Waals surface area (Å²) in [5, 5.41) is 4.31.